The monoisotopic (exact) mass is 406 g/mol. The van der Waals surface area contributed by atoms with Crippen LogP contribution in [0.2, 0.25) is 0 Å². The highest BCUT2D eigenvalue weighted by Gasteiger charge is 2.22. The average molecular weight is 406 g/mol. The summed E-state index contributed by atoms with van der Waals surface area (Å²) >= 11 is 0.939. The Labute approximate surface area is 166 Å². The number of rotatable bonds is 8. The second kappa shape index (κ2) is 9.97. The van der Waals surface area contributed by atoms with Crippen LogP contribution in [0.3, 0.4) is 0 Å². The third kappa shape index (κ3) is 5.62. The second-order valence-corrected chi connectivity index (χ2v) is 6.81. The number of morpholine rings is 1. The van der Waals surface area contributed by atoms with E-state index < -0.39 is 11.9 Å². The number of nitrogens with zero attached hydrogens (tertiary/aromatic N) is 3. The van der Waals surface area contributed by atoms with E-state index in [0.29, 0.717) is 19.8 Å². The van der Waals surface area contributed by atoms with E-state index in [-0.39, 0.29) is 23.1 Å². The van der Waals surface area contributed by atoms with E-state index in [1.54, 1.807) is 18.5 Å². The molecule has 150 valence electrons. The predicted octanol–water partition coefficient (Wildman–Crippen LogP) is 0.670. The van der Waals surface area contributed by atoms with Gasteiger partial charge in [-0.25, -0.2) is 4.79 Å². The maximum atomic E-state index is 12.1. The zero-order chi connectivity index (χ0) is 19.8. The number of aromatic nitrogens is 2. The highest BCUT2D eigenvalue weighted by atomic mass is 32.1. The number of carbonyl (C=O) groups excluding carboxylic acids is 2. The number of carbonyl (C=O) groups is 2. The first kappa shape index (κ1) is 20.0. The maximum Gasteiger partial charge on any atom is 0.319 e. The van der Waals surface area contributed by atoms with Gasteiger partial charge in [0.2, 0.25) is 5.88 Å². The smallest absolute Gasteiger partial charge is 0.319 e. The molecule has 3 heterocycles. The van der Waals surface area contributed by atoms with Gasteiger partial charge in [-0.1, -0.05) is 6.07 Å². The summed E-state index contributed by atoms with van der Waals surface area (Å²) in [6.07, 6.45) is 3.30. The Balaban J connectivity index is 1.53. The molecule has 28 heavy (non-hydrogen) atoms. The summed E-state index contributed by atoms with van der Waals surface area (Å²) < 4.78 is 15.0. The van der Waals surface area contributed by atoms with Gasteiger partial charge in [-0.15, -0.1) is 0 Å². The third-order valence-electron chi connectivity index (χ3n) is 4.05. The summed E-state index contributed by atoms with van der Waals surface area (Å²) in [5.74, 6) is -0.636. The number of nitrogens with one attached hydrogen (secondary N) is 2. The minimum Gasteiger partial charge on any atom is -0.472 e. The fourth-order valence-electron chi connectivity index (χ4n) is 2.61. The molecule has 0 spiro atoms. The summed E-state index contributed by atoms with van der Waals surface area (Å²) in [6, 6.07) is 3.19. The molecule has 1 aliphatic heterocycles. The molecule has 1 saturated heterocycles. The van der Waals surface area contributed by atoms with Crippen molar-refractivity contribution < 1.29 is 19.1 Å². The summed E-state index contributed by atoms with van der Waals surface area (Å²) in [4.78, 5) is 30.2. The lowest BCUT2D eigenvalue weighted by Crippen LogP contribution is -2.42. The lowest BCUT2D eigenvalue weighted by molar-refractivity contribution is 0.0388. The van der Waals surface area contributed by atoms with Gasteiger partial charge in [0, 0.05) is 44.1 Å². The number of amides is 3. The normalized spacial score (nSPS) is 14.4. The quantitative estimate of drug-likeness (QED) is 0.587. The number of anilines is 1. The number of hydrogen-bond donors (Lipinski definition) is 3. The molecule has 1 fully saturated rings. The predicted molar refractivity (Wildman–Crippen MR) is 103 cm³/mol. The lowest BCUT2D eigenvalue weighted by atomic mass is 10.3. The first-order valence-corrected chi connectivity index (χ1v) is 9.57. The van der Waals surface area contributed by atoms with Gasteiger partial charge in [-0.05, 0) is 17.6 Å². The van der Waals surface area contributed by atoms with Gasteiger partial charge in [0.05, 0.1) is 13.2 Å². The highest BCUT2D eigenvalue weighted by molar-refractivity contribution is 7.11. The standard InChI is InChI=1S/C17H22N6O4S/c18-14(24)13-15(27-11-12-2-1-3-19-10-12)22-28-16(13)21-17(25)20-4-5-23-6-8-26-9-7-23/h1-3,10H,4-9,11H2,(H2,18,24)(H2,20,21,25). The van der Waals surface area contributed by atoms with Crippen molar-refractivity contribution in [2.75, 3.05) is 44.7 Å². The van der Waals surface area contributed by atoms with Crippen LogP contribution in [0.25, 0.3) is 0 Å². The van der Waals surface area contributed by atoms with Gasteiger partial charge >= 0.3 is 6.03 Å². The second-order valence-electron chi connectivity index (χ2n) is 6.04. The molecule has 11 heteroatoms. The van der Waals surface area contributed by atoms with Gasteiger partial charge in [0.25, 0.3) is 5.91 Å². The summed E-state index contributed by atoms with van der Waals surface area (Å²) in [7, 11) is 0. The Hall–Kier alpha value is -2.76. The SMILES string of the molecule is NC(=O)c1c(OCc2cccnc2)nsc1NC(=O)NCCN1CCOCC1. The van der Waals surface area contributed by atoms with Crippen molar-refractivity contribution in [2.24, 2.45) is 5.73 Å². The Kier molecular flexibility index (Phi) is 7.12. The average Bonchev–Trinajstić information content (AvgIpc) is 3.10. The molecule has 3 amide bonds. The van der Waals surface area contributed by atoms with E-state index in [1.807, 2.05) is 6.07 Å². The molecule has 0 atom stereocenters. The lowest BCUT2D eigenvalue weighted by Gasteiger charge is -2.26. The van der Waals surface area contributed by atoms with Crippen LogP contribution in [0.15, 0.2) is 24.5 Å². The molecule has 0 saturated carbocycles. The van der Waals surface area contributed by atoms with Crippen LogP contribution >= 0.6 is 11.5 Å². The van der Waals surface area contributed by atoms with Gasteiger partial charge in [0.1, 0.15) is 17.2 Å². The maximum absolute atomic E-state index is 12.1. The van der Waals surface area contributed by atoms with E-state index in [2.05, 4.69) is 24.9 Å². The molecule has 0 bridgehead atoms. The molecule has 2 aromatic rings. The zero-order valence-corrected chi connectivity index (χ0v) is 16.0. The highest BCUT2D eigenvalue weighted by Crippen LogP contribution is 2.30. The minimum atomic E-state index is -0.724. The van der Waals surface area contributed by atoms with Crippen LogP contribution in [-0.2, 0) is 11.3 Å². The largest absolute Gasteiger partial charge is 0.472 e. The van der Waals surface area contributed by atoms with Gasteiger partial charge in [-0.3, -0.25) is 20.0 Å². The summed E-state index contributed by atoms with van der Waals surface area (Å²) in [5, 5.41) is 5.62. The van der Waals surface area contributed by atoms with Crippen LogP contribution in [0, 0.1) is 0 Å². The summed E-state index contributed by atoms with van der Waals surface area (Å²) in [5.41, 5.74) is 6.32. The van der Waals surface area contributed by atoms with Crippen molar-refractivity contribution >= 4 is 28.5 Å². The zero-order valence-electron chi connectivity index (χ0n) is 15.2. The fourth-order valence-corrected chi connectivity index (χ4v) is 3.35. The van der Waals surface area contributed by atoms with Crippen molar-refractivity contribution in [2.45, 2.75) is 6.61 Å². The fraction of sp³-hybridized carbons (Fsp3) is 0.412. The van der Waals surface area contributed by atoms with Crippen molar-refractivity contribution in [3.05, 3.63) is 35.7 Å². The Morgan fingerprint density at radius 1 is 1.36 bits per heavy atom. The Bertz CT molecular complexity index is 794. The number of pyridine rings is 1. The van der Waals surface area contributed by atoms with E-state index in [0.717, 1.165) is 36.7 Å². The van der Waals surface area contributed by atoms with Crippen LogP contribution in [0.1, 0.15) is 15.9 Å². The van der Waals surface area contributed by atoms with E-state index in [9.17, 15) is 9.59 Å². The van der Waals surface area contributed by atoms with Crippen LogP contribution < -0.4 is 21.1 Å². The number of hydrogen-bond acceptors (Lipinski definition) is 8. The van der Waals surface area contributed by atoms with Gasteiger partial charge < -0.3 is 20.5 Å². The van der Waals surface area contributed by atoms with Crippen LogP contribution in [-0.4, -0.2) is 65.6 Å². The first-order chi connectivity index (χ1) is 13.6. The molecule has 0 aromatic carbocycles. The molecular weight excluding hydrogens is 384 g/mol. The van der Waals surface area contributed by atoms with Crippen LogP contribution in [0.4, 0.5) is 9.80 Å². The third-order valence-corrected chi connectivity index (χ3v) is 4.80. The molecule has 0 radical (unpaired) electrons. The molecule has 1 aliphatic rings. The first-order valence-electron chi connectivity index (χ1n) is 8.79. The molecular formula is C17H22N6O4S. The number of primary amides is 1. The molecule has 10 nitrogen and oxygen atoms in total. The summed E-state index contributed by atoms with van der Waals surface area (Å²) in [6.45, 7) is 4.49. The Morgan fingerprint density at radius 3 is 2.89 bits per heavy atom. The number of urea groups is 1. The molecule has 4 N–H and O–H groups in total. The van der Waals surface area contributed by atoms with Gasteiger partial charge in [0.15, 0.2) is 0 Å². The van der Waals surface area contributed by atoms with Crippen molar-refractivity contribution in [3.8, 4) is 5.88 Å². The number of nitrogens with two attached hydrogens (primary N) is 1. The molecule has 2 aromatic heterocycles. The minimum absolute atomic E-state index is 0.0530. The van der Waals surface area contributed by atoms with Crippen LogP contribution in [0.5, 0.6) is 5.88 Å². The molecule has 0 aliphatic carbocycles. The van der Waals surface area contributed by atoms with Crippen molar-refractivity contribution in [1.29, 1.82) is 0 Å². The topological polar surface area (TPSA) is 132 Å². The van der Waals surface area contributed by atoms with Crippen molar-refractivity contribution in [1.82, 2.24) is 19.6 Å². The van der Waals surface area contributed by atoms with E-state index in [1.165, 1.54) is 0 Å². The van der Waals surface area contributed by atoms with Gasteiger partial charge in [-0.2, -0.15) is 4.37 Å². The van der Waals surface area contributed by atoms with Crippen molar-refractivity contribution in [3.63, 3.8) is 0 Å². The van der Waals surface area contributed by atoms with E-state index in [4.69, 9.17) is 15.2 Å². The molecule has 0 unspecified atom stereocenters. The number of ether oxygens (including phenoxy) is 2. The Morgan fingerprint density at radius 2 is 2.18 bits per heavy atom. The molecule has 3 rings (SSSR count). The van der Waals surface area contributed by atoms with E-state index >= 15 is 0 Å².